The van der Waals surface area contributed by atoms with Gasteiger partial charge in [0.25, 0.3) is 0 Å². The topological polar surface area (TPSA) is 41.6 Å². The number of halogens is 1. The molecule has 2 aromatic carbocycles. The van der Waals surface area contributed by atoms with Gasteiger partial charge in [0.15, 0.2) is 0 Å². The lowest BCUT2D eigenvalue weighted by molar-refractivity contribution is -0.128. The van der Waals surface area contributed by atoms with E-state index in [-0.39, 0.29) is 35.3 Å². The molecular weight excluding hydrogens is 468 g/mol. The summed E-state index contributed by atoms with van der Waals surface area (Å²) >= 11 is 0. The summed E-state index contributed by atoms with van der Waals surface area (Å²) in [5.74, 6) is 1.55. The molecule has 4 nitrogen and oxygen atoms in total. The molecule has 0 saturated carbocycles. The lowest BCUT2D eigenvalue weighted by Gasteiger charge is -2.35. The van der Waals surface area contributed by atoms with Crippen molar-refractivity contribution in [3.63, 3.8) is 0 Å². The lowest BCUT2D eigenvalue weighted by Crippen LogP contribution is -2.54. The summed E-state index contributed by atoms with van der Waals surface area (Å²) in [5, 5.41) is 3.25. The molecule has 0 aliphatic carbocycles. The van der Waals surface area contributed by atoms with Crippen LogP contribution in [-0.4, -0.2) is 35.5 Å². The second kappa shape index (κ2) is 14.6. The van der Waals surface area contributed by atoms with Crippen molar-refractivity contribution in [2.24, 2.45) is 11.3 Å². The zero-order valence-corrected chi connectivity index (χ0v) is 24.6. The molecule has 5 heteroatoms. The predicted octanol–water partition coefficient (Wildman–Crippen LogP) is 7.30. The van der Waals surface area contributed by atoms with Crippen LogP contribution in [0.3, 0.4) is 0 Å². The average Bonchev–Trinajstić information content (AvgIpc) is 2.76. The molecule has 0 bridgehead atoms. The fourth-order valence-electron chi connectivity index (χ4n) is 3.85. The second-order valence-corrected chi connectivity index (χ2v) is 12.4. The van der Waals surface area contributed by atoms with Gasteiger partial charge in [0.2, 0.25) is 5.91 Å². The minimum atomic E-state index is -0.266. The maximum Gasteiger partial charge on any atom is 0.238 e. The van der Waals surface area contributed by atoms with E-state index in [4.69, 9.17) is 4.74 Å². The first-order valence-corrected chi connectivity index (χ1v) is 13.1. The highest BCUT2D eigenvalue weighted by molar-refractivity contribution is 5.85. The van der Waals surface area contributed by atoms with E-state index in [1.54, 1.807) is 0 Å². The Hall–Kier alpha value is -2.04. The standard InChI is InChI=1S/C31H48N2O2.ClH/c1-24(2)18-20-33(21-19-30(3,4)5)28(29(34)32-31(6,7)8)22-25-14-16-27(17-15-25)35-23-26-12-10-9-11-13-26;/h9-17,24,28H,18-23H2,1-8H3,(H,32,34);1H. The highest BCUT2D eigenvalue weighted by atomic mass is 35.5. The average molecular weight is 517 g/mol. The number of carbonyl (C=O) groups excluding carboxylic acids is 1. The monoisotopic (exact) mass is 516 g/mol. The van der Waals surface area contributed by atoms with E-state index < -0.39 is 0 Å². The van der Waals surface area contributed by atoms with Crippen molar-refractivity contribution in [1.82, 2.24) is 10.2 Å². The van der Waals surface area contributed by atoms with Crippen LogP contribution >= 0.6 is 12.4 Å². The Bertz CT molecular complexity index is 884. The number of carbonyl (C=O) groups is 1. The van der Waals surface area contributed by atoms with E-state index in [0.29, 0.717) is 18.9 Å². The fraction of sp³-hybridized carbons (Fsp3) is 0.581. The van der Waals surface area contributed by atoms with Crippen LogP contribution in [0.4, 0.5) is 0 Å². The summed E-state index contributed by atoms with van der Waals surface area (Å²) in [6.45, 7) is 19.8. The summed E-state index contributed by atoms with van der Waals surface area (Å²) in [4.78, 5) is 15.9. The molecule has 2 rings (SSSR count). The zero-order valence-electron chi connectivity index (χ0n) is 23.8. The molecule has 0 aromatic heterocycles. The lowest BCUT2D eigenvalue weighted by atomic mass is 9.91. The van der Waals surface area contributed by atoms with Gasteiger partial charge in [-0.1, -0.05) is 77.1 Å². The molecule has 1 atom stereocenters. The van der Waals surface area contributed by atoms with Crippen LogP contribution in [0, 0.1) is 11.3 Å². The zero-order chi connectivity index (χ0) is 26.1. The van der Waals surface area contributed by atoms with Gasteiger partial charge in [0.05, 0.1) is 6.04 Å². The molecule has 0 aliphatic rings. The first-order chi connectivity index (χ1) is 16.3. The molecule has 1 unspecified atom stereocenters. The molecule has 2 aromatic rings. The number of hydrogen-bond acceptors (Lipinski definition) is 3. The van der Waals surface area contributed by atoms with E-state index in [0.717, 1.165) is 42.8 Å². The molecule has 0 saturated heterocycles. The normalized spacial score (nSPS) is 12.8. The van der Waals surface area contributed by atoms with Gasteiger partial charge in [0, 0.05) is 5.54 Å². The first-order valence-electron chi connectivity index (χ1n) is 13.1. The maximum atomic E-state index is 13.5. The van der Waals surface area contributed by atoms with Crippen LogP contribution in [0.5, 0.6) is 5.75 Å². The van der Waals surface area contributed by atoms with E-state index in [2.05, 4.69) is 89.9 Å². The molecule has 0 fully saturated rings. The number of nitrogens with zero attached hydrogens (tertiary/aromatic N) is 1. The summed E-state index contributed by atoms with van der Waals surface area (Å²) < 4.78 is 5.96. The van der Waals surface area contributed by atoms with Gasteiger partial charge in [-0.15, -0.1) is 12.4 Å². The SMILES string of the molecule is CC(C)CCN(CCC(C)(C)C)C(Cc1ccc(OCc2ccccc2)cc1)C(=O)NC(C)(C)C.Cl. The van der Waals surface area contributed by atoms with Crippen molar-refractivity contribution in [3.8, 4) is 5.75 Å². The smallest absolute Gasteiger partial charge is 0.238 e. The molecule has 0 radical (unpaired) electrons. The van der Waals surface area contributed by atoms with Crippen molar-refractivity contribution in [1.29, 1.82) is 0 Å². The Morgan fingerprint density at radius 2 is 1.50 bits per heavy atom. The largest absolute Gasteiger partial charge is 0.489 e. The van der Waals surface area contributed by atoms with Crippen LogP contribution in [0.25, 0.3) is 0 Å². The Morgan fingerprint density at radius 3 is 2.03 bits per heavy atom. The highest BCUT2D eigenvalue weighted by Gasteiger charge is 2.29. The fourth-order valence-corrected chi connectivity index (χ4v) is 3.85. The molecule has 0 heterocycles. The second-order valence-electron chi connectivity index (χ2n) is 12.4. The molecule has 202 valence electrons. The Kier molecular flexibility index (Phi) is 13.0. The van der Waals surface area contributed by atoms with Crippen molar-refractivity contribution in [2.45, 2.75) is 92.8 Å². The van der Waals surface area contributed by atoms with Gasteiger partial charge < -0.3 is 10.1 Å². The number of nitrogens with one attached hydrogen (secondary N) is 1. The van der Waals surface area contributed by atoms with E-state index in [9.17, 15) is 4.79 Å². The van der Waals surface area contributed by atoms with Crippen LogP contribution in [0.2, 0.25) is 0 Å². The molecule has 0 aliphatic heterocycles. The van der Waals surface area contributed by atoms with Gasteiger partial charge in [-0.25, -0.2) is 0 Å². The maximum absolute atomic E-state index is 13.5. The minimum absolute atomic E-state index is 0. The third-order valence-corrected chi connectivity index (χ3v) is 5.99. The summed E-state index contributed by atoms with van der Waals surface area (Å²) in [6.07, 6.45) is 2.81. The van der Waals surface area contributed by atoms with E-state index in [1.807, 2.05) is 30.3 Å². The molecule has 1 amide bonds. The third-order valence-electron chi connectivity index (χ3n) is 5.99. The van der Waals surface area contributed by atoms with Crippen LogP contribution in [0.15, 0.2) is 54.6 Å². The van der Waals surface area contributed by atoms with E-state index >= 15 is 0 Å². The van der Waals surface area contributed by atoms with Gasteiger partial charge in [-0.3, -0.25) is 9.69 Å². The van der Waals surface area contributed by atoms with Gasteiger partial charge in [-0.05, 0) is 87.7 Å². The molecular formula is C31H49ClN2O2. The number of hydrogen-bond donors (Lipinski definition) is 1. The van der Waals surface area contributed by atoms with Crippen molar-refractivity contribution >= 4 is 18.3 Å². The number of ether oxygens (including phenoxy) is 1. The summed E-state index contributed by atoms with van der Waals surface area (Å²) in [5.41, 5.74) is 2.25. The Labute approximate surface area is 226 Å². The van der Waals surface area contributed by atoms with Gasteiger partial charge in [0.1, 0.15) is 12.4 Å². The number of rotatable bonds is 12. The van der Waals surface area contributed by atoms with Gasteiger partial charge in [-0.2, -0.15) is 0 Å². The molecule has 0 spiro atoms. The molecule has 36 heavy (non-hydrogen) atoms. The summed E-state index contributed by atoms with van der Waals surface area (Å²) in [7, 11) is 0. The first kappa shape index (κ1) is 32.0. The molecule has 1 N–H and O–H groups in total. The van der Waals surface area contributed by atoms with Crippen LogP contribution in [0.1, 0.15) is 79.4 Å². The Morgan fingerprint density at radius 1 is 0.889 bits per heavy atom. The number of benzene rings is 2. The minimum Gasteiger partial charge on any atom is -0.489 e. The quantitative estimate of drug-likeness (QED) is 0.322. The highest BCUT2D eigenvalue weighted by Crippen LogP contribution is 2.23. The van der Waals surface area contributed by atoms with E-state index in [1.165, 1.54) is 0 Å². The summed E-state index contributed by atoms with van der Waals surface area (Å²) in [6, 6.07) is 18.2. The van der Waals surface area contributed by atoms with Crippen molar-refractivity contribution in [2.75, 3.05) is 13.1 Å². The van der Waals surface area contributed by atoms with Crippen LogP contribution in [-0.2, 0) is 17.8 Å². The number of amides is 1. The predicted molar refractivity (Wildman–Crippen MR) is 155 cm³/mol. The third kappa shape index (κ3) is 12.8. The Balaban J connectivity index is 0.00000648. The van der Waals surface area contributed by atoms with Crippen LogP contribution < -0.4 is 10.1 Å². The van der Waals surface area contributed by atoms with Gasteiger partial charge >= 0.3 is 0 Å². The van der Waals surface area contributed by atoms with Crippen molar-refractivity contribution < 1.29 is 9.53 Å². The van der Waals surface area contributed by atoms with Crippen molar-refractivity contribution in [3.05, 3.63) is 65.7 Å².